The number of benzene rings is 1. The fourth-order valence-corrected chi connectivity index (χ4v) is 2.12. The van der Waals surface area contributed by atoms with Gasteiger partial charge in [-0.1, -0.05) is 0 Å². The first-order valence-electron chi connectivity index (χ1n) is 6.02. The highest BCUT2D eigenvalue weighted by Gasteiger charge is 2.16. The van der Waals surface area contributed by atoms with Gasteiger partial charge in [0.1, 0.15) is 11.5 Å². The monoisotopic (exact) mass is 262 g/mol. The molecule has 0 aliphatic heterocycles. The van der Waals surface area contributed by atoms with E-state index in [1.54, 1.807) is 6.07 Å². The molecule has 1 aromatic carbocycles. The number of hydrogen-bond acceptors (Lipinski definition) is 2. The highest BCUT2D eigenvalue weighted by Crippen LogP contribution is 2.16. The molecule has 0 unspecified atom stereocenters. The van der Waals surface area contributed by atoms with Gasteiger partial charge in [0.05, 0.1) is 0 Å². The lowest BCUT2D eigenvalue weighted by Crippen LogP contribution is -2.31. The van der Waals surface area contributed by atoms with Crippen molar-refractivity contribution in [3.05, 3.63) is 46.1 Å². The standard InChI is InChI=1S/C14H15FN2O2/c1-8(2)17-12(13(18)16-3)7-9-6-10(15)4-5-11(9)14(17)19/h4-8H,1-3H3,(H,16,18). The van der Waals surface area contributed by atoms with Crippen LogP contribution in [-0.2, 0) is 0 Å². The number of amides is 1. The maximum atomic E-state index is 13.2. The molecular weight excluding hydrogens is 247 g/mol. The summed E-state index contributed by atoms with van der Waals surface area (Å²) in [7, 11) is 1.49. The van der Waals surface area contributed by atoms with Gasteiger partial charge in [-0.3, -0.25) is 9.59 Å². The summed E-state index contributed by atoms with van der Waals surface area (Å²) in [6.07, 6.45) is 0. The van der Waals surface area contributed by atoms with Crippen molar-refractivity contribution in [2.24, 2.45) is 0 Å². The fourth-order valence-electron chi connectivity index (χ4n) is 2.12. The van der Waals surface area contributed by atoms with Gasteiger partial charge in [-0.2, -0.15) is 0 Å². The van der Waals surface area contributed by atoms with Crippen LogP contribution in [0.1, 0.15) is 30.4 Å². The van der Waals surface area contributed by atoms with E-state index < -0.39 is 5.82 Å². The molecule has 1 heterocycles. The molecule has 5 heteroatoms. The average molecular weight is 262 g/mol. The molecule has 1 aromatic heterocycles. The minimum absolute atomic E-state index is 0.158. The first-order chi connectivity index (χ1) is 8.95. The third-order valence-electron chi connectivity index (χ3n) is 2.99. The maximum absolute atomic E-state index is 13.2. The second-order valence-corrected chi connectivity index (χ2v) is 4.61. The van der Waals surface area contributed by atoms with E-state index in [0.717, 1.165) is 0 Å². The van der Waals surface area contributed by atoms with Gasteiger partial charge >= 0.3 is 0 Å². The number of nitrogens with one attached hydrogen (secondary N) is 1. The largest absolute Gasteiger partial charge is 0.354 e. The first-order valence-corrected chi connectivity index (χ1v) is 6.02. The van der Waals surface area contributed by atoms with Crippen LogP contribution < -0.4 is 10.9 Å². The molecule has 0 radical (unpaired) electrons. The number of pyridine rings is 1. The Balaban J connectivity index is 2.89. The molecule has 0 atom stereocenters. The molecule has 0 aliphatic carbocycles. The maximum Gasteiger partial charge on any atom is 0.267 e. The average Bonchev–Trinajstić information content (AvgIpc) is 2.36. The van der Waals surface area contributed by atoms with E-state index in [1.807, 2.05) is 13.8 Å². The van der Waals surface area contributed by atoms with Gasteiger partial charge < -0.3 is 9.88 Å². The van der Waals surface area contributed by atoms with Crippen LogP contribution in [-0.4, -0.2) is 17.5 Å². The second-order valence-electron chi connectivity index (χ2n) is 4.61. The lowest BCUT2D eigenvalue weighted by atomic mass is 10.1. The van der Waals surface area contributed by atoms with Gasteiger partial charge in [-0.25, -0.2) is 4.39 Å². The Hall–Kier alpha value is -2.17. The third-order valence-corrected chi connectivity index (χ3v) is 2.99. The van der Waals surface area contributed by atoms with E-state index in [9.17, 15) is 14.0 Å². The Labute approximate surface area is 109 Å². The predicted octanol–water partition coefficient (Wildman–Crippen LogP) is 2.08. The smallest absolute Gasteiger partial charge is 0.267 e. The summed E-state index contributed by atoms with van der Waals surface area (Å²) in [4.78, 5) is 24.2. The zero-order chi connectivity index (χ0) is 14.2. The van der Waals surface area contributed by atoms with Crippen LogP contribution in [0, 0.1) is 5.82 Å². The molecule has 0 spiro atoms. The van der Waals surface area contributed by atoms with Crippen molar-refractivity contribution in [1.29, 1.82) is 0 Å². The van der Waals surface area contributed by atoms with E-state index in [4.69, 9.17) is 0 Å². The summed E-state index contributed by atoms with van der Waals surface area (Å²) in [5, 5.41) is 3.33. The van der Waals surface area contributed by atoms with Crippen molar-refractivity contribution < 1.29 is 9.18 Å². The van der Waals surface area contributed by atoms with Crippen molar-refractivity contribution in [1.82, 2.24) is 9.88 Å². The Kier molecular flexibility index (Phi) is 3.38. The van der Waals surface area contributed by atoms with Gasteiger partial charge in [-0.05, 0) is 43.5 Å². The number of hydrogen-bond donors (Lipinski definition) is 1. The van der Waals surface area contributed by atoms with Crippen molar-refractivity contribution in [2.75, 3.05) is 7.05 Å². The Morgan fingerprint density at radius 2 is 2.00 bits per heavy atom. The quantitative estimate of drug-likeness (QED) is 0.900. The van der Waals surface area contributed by atoms with Crippen LogP contribution in [0.2, 0.25) is 0 Å². The SMILES string of the molecule is CNC(=O)c1cc2cc(F)ccc2c(=O)n1C(C)C. The minimum atomic E-state index is -0.433. The number of fused-ring (bicyclic) bond motifs is 1. The van der Waals surface area contributed by atoms with Crippen molar-refractivity contribution >= 4 is 16.7 Å². The van der Waals surface area contributed by atoms with Gasteiger partial charge in [0.25, 0.3) is 11.5 Å². The van der Waals surface area contributed by atoms with E-state index in [2.05, 4.69) is 5.32 Å². The molecule has 2 rings (SSSR count). The highest BCUT2D eigenvalue weighted by molar-refractivity contribution is 5.96. The Morgan fingerprint density at radius 3 is 2.58 bits per heavy atom. The van der Waals surface area contributed by atoms with Crippen LogP contribution in [0.25, 0.3) is 10.8 Å². The summed E-state index contributed by atoms with van der Waals surface area (Å²) < 4.78 is 14.6. The molecule has 2 aromatic rings. The number of carbonyl (C=O) groups is 1. The zero-order valence-corrected chi connectivity index (χ0v) is 11.0. The molecule has 0 saturated heterocycles. The van der Waals surface area contributed by atoms with E-state index in [-0.39, 0.29) is 23.2 Å². The number of rotatable bonds is 2. The van der Waals surface area contributed by atoms with Gasteiger partial charge in [0, 0.05) is 18.5 Å². The van der Waals surface area contributed by atoms with Gasteiger partial charge in [-0.15, -0.1) is 0 Å². The minimum Gasteiger partial charge on any atom is -0.354 e. The van der Waals surface area contributed by atoms with Crippen molar-refractivity contribution in [3.8, 4) is 0 Å². The van der Waals surface area contributed by atoms with Crippen molar-refractivity contribution in [3.63, 3.8) is 0 Å². The molecule has 4 nitrogen and oxygen atoms in total. The molecule has 19 heavy (non-hydrogen) atoms. The summed E-state index contributed by atoms with van der Waals surface area (Å²) in [5.74, 6) is -0.797. The summed E-state index contributed by atoms with van der Waals surface area (Å²) >= 11 is 0. The lowest BCUT2D eigenvalue weighted by Gasteiger charge is -2.16. The summed E-state index contributed by atoms with van der Waals surface area (Å²) in [6, 6.07) is 5.33. The number of halogens is 1. The number of aromatic nitrogens is 1. The molecule has 1 amide bonds. The van der Waals surface area contributed by atoms with Crippen LogP contribution >= 0.6 is 0 Å². The van der Waals surface area contributed by atoms with Gasteiger partial charge in [0.2, 0.25) is 0 Å². The number of nitrogens with zero attached hydrogens (tertiary/aromatic N) is 1. The van der Waals surface area contributed by atoms with Crippen LogP contribution in [0.15, 0.2) is 29.1 Å². The van der Waals surface area contributed by atoms with Crippen LogP contribution in [0.4, 0.5) is 4.39 Å². The molecule has 0 fully saturated rings. The molecule has 1 N–H and O–H groups in total. The Bertz CT molecular complexity index is 704. The molecule has 0 aliphatic rings. The Morgan fingerprint density at radius 1 is 1.32 bits per heavy atom. The zero-order valence-electron chi connectivity index (χ0n) is 11.0. The summed E-state index contributed by atoms with van der Waals surface area (Å²) in [5.41, 5.74) is -0.0494. The predicted molar refractivity (Wildman–Crippen MR) is 71.9 cm³/mol. The summed E-state index contributed by atoms with van der Waals surface area (Å²) in [6.45, 7) is 3.65. The van der Waals surface area contributed by atoms with E-state index in [1.165, 1.54) is 29.8 Å². The molecular formula is C14H15FN2O2. The van der Waals surface area contributed by atoms with Crippen molar-refractivity contribution in [2.45, 2.75) is 19.9 Å². The molecule has 0 saturated carbocycles. The first kappa shape index (κ1) is 13.3. The fraction of sp³-hybridized carbons (Fsp3) is 0.286. The topological polar surface area (TPSA) is 51.1 Å². The second kappa shape index (κ2) is 4.84. The normalized spacial score (nSPS) is 11.0. The number of carbonyl (C=O) groups excluding carboxylic acids is 1. The molecule has 0 bridgehead atoms. The van der Waals surface area contributed by atoms with Crippen LogP contribution in [0.3, 0.4) is 0 Å². The molecule has 100 valence electrons. The highest BCUT2D eigenvalue weighted by atomic mass is 19.1. The van der Waals surface area contributed by atoms with Crippen LogP contribution in [0.5, 0.6) is 0 Å². The van der Waals surface area contributed by atoms with Gasteiger partial charge in [0.15, 0.2) is 0 Å². The van der Waals surface area contributed by atoms with E-state index in [0.29, 0.717) is 10.8 Å². The lowest BCUT2D eigenvalue weighted by molar-refractivity contribution is 0.0951. The third kappa shape index (κ3) is 2.23. The van der Waals surface area contributed by atoms with E-state index >= 15 is 0 Å².